The van der Waals surface area contributed by atoms with Crippen LogP contribution < -0.4 is 4.72 Å². The molecule has 0 amide bonds. The lowest BCUT2D eigenvalue weighted by molar-refractivity contribution is 0.555. The molecule has 0 aliphatic heterocycles. The van der Waals surface area contributed by atoms with Crippen LogP contribution in [-0.2, 0) is 10.0 Å². The number of hydrogen-bond acceptors (Lipinski definition) is 5. The highest BCUT2D eigenvalue weighted by Gasteiger charge is 2.25. The zero-order valence-corrected chi connectivity index (χ0v) is 17.7. The first-order chi connectivity index (χ1) is 15.7. The lowest BCUT2D eigenvalue weighted by Gasteiger charge is -2.12. The van der Waals surface area contributed by atoms with Gasteiger partial charge in [0.05, 0.1) is 11.4 Å². The summed E-state index contributed by atoms with van der Waals surface area (Å²) in [5.74, 6) is -3.16. The third-order valence-electron chi connectivity index (χ3n) is 4.86. The minimum Gasteiger partial charge on any atom is -0.277 e. The molecule has 0 saturated carbocycles. The van der Waals surface area contributed by atoms with Gasteiger partial charge in [-0.25, -0.2) is 21.6 Å². The molecule has 2 aromatic heterocycles. The zero-order valence-electron chi connectivity index (χ0n) is 16.9. The van der Waals surface area contributed by atoms with Gasteiger partial charge in [0.2, 0.25) is 6.19 Å². The molecule has 4 rings (SSSR count). The van der Waals surface area contributed by atoms with E-state index in [9.17, 15) is 22.5 Å². The number of nitrogens with zero attached hydrogens (tertiary/aromatic N) is 4. The first kappa shape index (κ1) is 22.0. The first-order valence-electron chi connectivity index (χ1n) is 9.40. The molecule has 0 aliphatic carbocycles. The Bertz CT molecular complexity index is 1510. The van der Waals surface area contributed by atoms with Crippen molar-refractivity contribution < 1.29 is 21.6 Å². The summed E-state index contributed by atoms with van der Waals surface area (Å²) >= 11 is 0. The lowest BCUT2D eigenvalue weighted by atomic mass is 9.99. The van der Waals surface area contributed by atoms with E-state index in [0.29, 0.717) is 29.0 Å². The monoisotopic (exact) mass is 469 g/mol. The van der Waals surface area contributed by atoms with Crippen LogP contribution in [0.25, 0.3) is 22.4 Å². The molecule has 0 saturated heterocycles. The van der Waals surface area contributed by atoms with Gasteiger partial charge in [-0.1, -0.05) is 6.07 Å². The number of benzene rings is 2. The Morgan fingerprint density at radius 2 is 1.79 bits per heavy atom. The maximum Gasteiger partial charge on any atom is 0.265 e. The molecular weight excluding hydrogens is 455 g/mol. The first-order valence-corrected chi connectivity index (χ1v) is 10.9. The molecule has 0 bridgehead atoms. The molecule has 1 N–H and O–H groups in total. The van der Waals surface area contributed by atoms with Gasteiger partial charge >= 0.3 is 0 Å². The summed E-state index contributed by atoms with van der Waals surface area (Å²) in [7, 11) is -4.65. The van der Waals surface area contributed by atoms with Gasteiger partial charge in [0.25, 0.3) is 10.0 Å². The molecular formula is C22H14F3N5O2S. The van der Waals surface area contributed by atoms with Gasteiger partial charge < -0.3 is 0 Å². The summed E-state index contributed by atoms with van der Waals surface area (Å²) in [6.07, 6.45) is 4.93. The van der Waals surface area contributed by atoms with Crippen LogP contribution in [0.5, 0.6) is 0 Å². The SMILES string of the molecule is Cc1c(-c2ccncc2)c(-c2cccc(NS(=O)(=O)c3cc(F)ccc3F)c2F)nn1C#N. The molecule has 0 spiro atoms. The van der Waals surface area contributed by atoms with E-state index in [4.69, 9.17) is 0 Å². The molecule has 0 radical (unpaired) electrons. The van der Waals surface area contributed by atoms with Crippen molar-refractivity contribution in [2.45, 2.75) is 11.8 Å². The molecule has 2 aromatic carbocycles. The second-order valence-electron chi connectivity index (χ2n) is 6.90. The van der Waals surface area contributed by atoms with Crippen LogP contribution >= 0.6 is 0 Å². The highest BCUT2D eigenvalue weighted by molar-refractivity contribution is 7.92. The molecule has 7 nitrogen and oxygen atoms in total. The molecule has 2 heterocycles. The van der Waals surface area contributed by atoms with Crippen LogP contribution in [0.15, 0.2) is 65.8 Å². The van der Waals surface area contributed by atoms with Gasteiger partial charge in [-0.15, -0.1) is 0 Å². The second kappa shape index (κ2) is 8.40. The number of rotatable bonds is 5. The van der Waals surface area contributed by atoms with Crippen molar-refractivity contribution in [1.82, 2.24) is 14.8 Å². The summed E-state index contributed by atoms with van der Waals surface area (Å²) in [4.78, 5) is 2.98. The van der Waals surface area contributed by atoms with Crippen LogP contribution in [0.2, 0.25) is 0 Å². The summed E-state index contributed by atoms with van der Waals surface area (Å²) < 4.78 is 71.2. The fraction of sp³-hybridized carbons (Fsp3) is 0.0455. The van der Waals surface area contributed by atoms with E-state index in [1.165, 1.54) is 24.5 Å². The van der Waals surface area contributed by atoms with Gasteiger partial charge in [-0.05, 0) is 55.0 Å². The van der Waals surface area contributed by atoms with E-state index >= 15 is 4.39 Å². The third kappa shape index (κ3) is 4.04. The van der Waals surface area contributed by atoms with E-state index < -0.39 is 38.1 Å². The van der Waals surface area contributed by atoms with Crippen molar-refractivity contribution in [1.29, 1.82) is 5.26 Å². The highest BCUT2D eigenvalue weighted by atomic mass is 32.2. The lowest BCUT2D eigenvalue weighted by Crippen LogP contribution is -2.16. The molecule has 11 heteroatoms. The second-order valence-corrected chi connectivity index (χ2v) is 8.55. The molecule has 0 atom stereocenters. The normalized spacial score (nSPS) is 11.2. The van der Waals surface area contributed by atoms with Gasteiger partial charge in [-0.2, -0.15) is 15.0 Å². The number of nitriles is 1. The van der Waals surface area contributed by atoms with Crippen LogP contribution in [0.4, 0.5) is 18.9 Å². The molecule has 0 aliphatic rings. The number of aromatic nitrogens is 3. The van der Waals surface area contributed by atoms with E-state index in [1.807, 2.05) is 10.9 Å². The van der Waals surface area contributed by atoms with E-state index in [1.54, 1.807) is 19.1 Å². The number of halogens is 3. The third-order valence-corrected chi connectivity index (χ3v) is 6.24. The Kier molecular flexibility index (Phi) is 5.61. The van der Waals surface area contributed by atoms with Crippen molar-refractivity contribution >= 4 is 15.7 Å². The Morgan fingerprint density at radius 1 is 1.06 bits per heavy atom. The van der Waals surface area contributed by atoms with E-state index in [-0.39, 0.29) is 11.3 Å². The number of nitrogens with one attached hydrogen (secondary N) is 1. The van der Waals surface area contributed by atoms with Crippen LogP contribution in [0, 0.1) is 35.8 Å². The van der Waals surface area contributed by atoms with Gasteiger partial charge in [0, 0.05) is 23.5 Å². The summed E-state index contributed by atoms with van der Waals surface area (Å²) in [6, 6.07) is 9.12. The molecule has 166 valence electrons. The zero-order chi connectivity index (χ0) is 23.8. The summed E-state index contributed by atoms with van der Waals surface area (Å²) in [6.45, 7) is 1.63. The fourth-order valence-electron chi connectivity index (χ4n) is 3.33. The Balaban J connectivity index is 1.84. The largest absolute Gasteiger partial charge is 0.277 e. The number of hydrogen-bond donors (Lipinski definition) is 1. The fourth-order valence-corrected chi connectivity index (χ4v) is 4.48. The molecule has 0 unspecified atom stereocenters. The Hall–Kier alpha value is -4.17. The summed E-state index contributed by atoms with van der Waals surface area (Å²) in [5.41, 5.74) is 1.00. The Labute approximate surface area is 186 Å². The number of sulfonamides is 1. The minimum absolute atomic E-state index is 0.0933. The maximum absolute atomic E-state index is 15.5. The quantitative estimate of drug-likeness (QED) is 0.465. The number of pyridine rings is 1. The van der Waals surface area contributed by atoms with Crippen molar-refractivity contribution in [2.75, 3.05) is 4.72 Å². The van der Waals surface area contributed by atoms with Crippen LogP contribution in [0.1, 0.15) is 5.69 Å². The number of anilines is 1. The summed E-state index contributed by atoms with van der Waals surface area (Å²) in [5, 5.41) is 13.6. The minimum atomic E-state index is -4.65. The molecule has 33 heavy (non-hydrogen) atoms. The topological polar surface area (TPSA) is 101 Å². The standard InChI is InChI=1S/C22H14F3N5O2S/c1-13-20(14-7-9-27-10-8-14)22(28-30(13)12-26)16-3-2-4-18(21(16)25)29-33(31,32)19-11-15(23)5-6-17(19)24/h2-11,29H,1H3. The van der Waals surface area contributed by atoms with Crippen LogP contribution in [-0.4, -0.2) is 23.2 Å². The predicted octanol–water partition coefficient (Wildman–Crippen LogP) is 4.47. The van der Waals surface area contributed by atoms with Crippen molar-refractivity contribution in [2.24, 2.45) is 0 Å². The molecule has 4 aromatic rings. The van der Waals surface area contributed by atoms with Gasteiger partial charge in [0.1, 0.15) is 22.2 Å². The van der Waals surface area contributed by atoms with E-state index in [0.717, 1.165) is 16.8 Å². The maximum atomic E-state index is 15.5. The van der Waals surface area contributed by atoms with Crippen LogP contribution in [0.3, 0.4) is 0 Å². The Morgan fingerprint density at radius 3 is 2.48 bits per heavy atom. The average Bonchev–Trinajstić information content (AvgIpc) is 3.13. The smallest absolute Gasteiger partial charge is 0.265 e. The average molecular weight is 469 g/mol. The van der Waals surface area contributed by atoms with Crippen molar-refractivity contribution in [3.63, 3.8) is 0 Å². The van der Waals surface area contributed by atoms with Crippen molar-refractivity contribution in [3.8, 4) is 28.6 Å². The predicted molar refractivity (Wildman–Crippen MR) is 114 cm³/mol. The molecule has 0 fully saturated rings. The van der Waals surface area contributed by atoms with Crippen molar-refractivity contribution in [3.05, 3.63) is 84.1 Å². The highest BCUT2D eigenvalue weighted by Crippen LogP contribution is 2.37. The van der Waals surface area contributed by atoms with E-state index in [2.05, 4.69) is 10.1 Å². The van der Waals surface area contributed by atoms with Gasteiger partial charge in [0.15, 0.2) is 5.82 Å². The van der Waals surface area contributed by atoms with Gasteiger partial charge in [-0.3, -0.25) is 9.71 Å².